The van der Waals surface area contributed by atoms with Crippen LogP contribution in [0, 0.1) is 0 Å². The zero-order chi connectivity index (χ0) is 74.8. The summed E-state index contributed by atoms with van der Waals surface area (Å²) in [5.74, 6) is 0. The Morgan fingerprint density at radius 2 is 0.491 bits per heavy atom. The molecule has 4 heterocycles. The zero-order valence-electron chi connectivity index (χ0n) is 63.7. The standard InChI is InChI=1S/C108H78B2N2/c1-107(2,3)75-59-89-85-63-83(99-79(69-39-19-9-20-40-69)55-73(67-35-15-7-16-36-67)56-80(99)70-41-21-10-22-42-70)87-66-94-102-86(90-60-76(108(4,5)6)62-98-106(90)110(94)92-52-32-34-54-96(92)112(98)78-49-29-14-30-50-78)64-84(100-81(71-43-23-11-24-44-71)57-74(68-37-17-8-18-38-68)58-82(100)72-45-25-12-26-46-72)88-65-93(101(85)103(87)104(88)102)109-91-51-31-33-53-95(91)111(97(61-75)105(89)109)77-47-27-13-28-48-77/h7-66H,1-6H3. The van der Waals surface area contributed by atoms with Crippen molar-refractivity contribution < 1.29 is 0 Å². The second-order valence-corrected chi connectivity index (χ2v) is 33.3. The van der Waals surface area contributed by atoms with Gasteiger partial charge < -0.3 is 9.80 Å². The summed E-state index contributed by atoms with van der Waals surface area (Å²) >= 11 is 0. The molecule has 0 N–H and O–H groups in total. The van der Waals surface area contributed by atoms with Crippen LogP contribution in [0.15, 0.2) is 364 Å². The third-order valence-corrected chi connectivity index (χ3v) is 24.8. The molecule has 0 bridgehead atoms. The molecule has 0 fully saturated rings. The first-order valence-electron chi connectivity index (χ1n) is 39.7. The van der Waals surface area contributed by atoms with Crippen molar-refractivity contribution in [2.45, 2.75) is 52.4 Å². The molecule has 18 aromatic carbocycles. The average Bonchev–Trinajstić information content (AvgIpc) is 0.663. The summed E-state index contributed by atoms with van der Waals surface area (Å²) in [5.41, 5.74) is 41.2. The first-order chi connectivity index (χ1) is 54.9. The van der Waals surface area contributed by atoms with E-state index >= 15 is 0 Å². The van der Waals surface area contributed by atoms with Gasteiger partial charge in [0.15, 0.2) is 0 Å². The first-order valence-corrected chi connectivity index (χ1v) is 39.7. The fraction of sp³-hybridized carbons (Fsp3) is 0.0741. The van der Waals surface area contributed by atoms with Crippen LogP contribution in [-0.4, -0.2) is 13.4 Å². The van der Waals surface area contributed by atoms with Gasteiger partial charge in [-0.1, -0.05) is 332 Å². The molecule has 18 aromatic rings. The molecule has 0 spiro atoms. The van der Waals surface area contributed by atoms with Gasteiger partial charge >= 0.3 is 0 Å². The number of nitrogens with zero attached hydrogens (tertiary/aromatic N) is 2. The Kier molecular flexibility index (Phi) is 14.8. The third-order valence-electron chi connectivity index (χ3n) is 24.8. The van der Waals surface area contributed by atoms with Crippen LogP contribution in [0.2, 0.25) is 0 Å². The van der Waals surface area contributed by atoms with Crippen LogP contribution >= 0.6 is 0 Å². The van der Waals surface area contributed by atoms with Gasteiger partial charge in [-0.2, -0.15) is 0 Å². The maximum Gasteiger partial charge on any atom is 0.248 e. The molecule has 526 valence electrons. The molecule has 2 nitrogen and oxygen atoms in total. The van der Waals surface area contributed by atoms with E-state index in [9.17, 15) is 0 Å². The van der Waals surface area contributed by atoms with E-state index in [1.54, 1.807) is 0 Å². The van der Waals surface area contributed by atoms with E-state index in [0.29, 0.717) is 0 Å². The van der Waals surface area contributed by atoms with Crippen molar-refractivity contribution in [2.24, 2.45) is 0 Å². The van der Waals surface area contributed by atoms with E-state index in [4.69, 9.17) is 0 Å². The van der Waals surface area contributed by atoms with Gasteiger partial charge in [0.25, 0.3) is 0 Å². The number of fused-ring (bicyclic) bond motifs is 8. The van der Waals surface area contributed by atoms with Gasteiger partial charge in [-0.25, -0.2) is 0 Å². The van der Waals surface area contributed by atoms with E-state index in [1.165, 1.54) is 188 Å². The van der Waals surface area contributed by atoms with Gasteiger partial charge in [-0.05, 0) is 272 Å². The Balaban J connectivity index is 1.01. The number of hydrogen-bond acceptors (Lipinski definition) is 2. The SMILES string of the molecule is CC(C)(C)c1cc2c3c(c1)N(c1ccccc1)c1ccccc1B3c1cc3c(-c4c(-c5ccccc5)cc(-c5ccccc5)cc4-c4ccccc4)cc4c5c(cc6c(-c7c(-c8ccccc8)cc(-c8ccccc8)cc7-c7ccccc7)cc-2c1c6c35)B1c2ccccc2N(c2ccccc2)c2cc(C(C)(C)C)cc-4c21. The smallest absolute Gasteiger partial charge is 0.248 e. The Hall–Kier alpha value is -13.3. The summed E-state index contributed by atoms with van der Waals surface area (Å²) in [7, 11) is 0. The highest BCUT2D eigenvalue weighted by Gasteiger charge is 2.47. The first kappa shape index (κ1) is 65.8. The topological polar surface area (TPSA) is 6.48 Å². The van der Waals surface area contributed by atoms with Crippen molar-refractivity contribution in [3.05, 3.63) is 375 Å². The lowest BCUT2D eigenvalue weighted by Crippen LogP contribution is -2.60. The molecule has 0 aromatic heterocycles. The molecule has 0 radical (unpaired) electrons. The molecule has 22 rings (SSSR count). The average molecular weight is 1430 g/mol. The summed E-state index contributed by atoms with van der Waals surface area (Å²) in [5, 5.41) is 7.74. The second-order valence-electron chi connectivity index (χ2n) is 33.3. The van der Waals surface area contributed by atoms with Crippen LogP contribution in [0.25, 0.3) is 144 Å². The van der Waals surface area contributed by atoms with Crippen molar-refractivity contribution in [1.29, 1.82) is 0 Å². The van der Waals surface area contributed by atoms with E-state index in [2.05, 4.69) is 415 Å². The molecule has 0 amide bonds. The van der Waals surface area contributed by atoms with Crippen LogP contribution in [0.5, 0.6) is 0 Å². The van der Waals surface area contributed by atoms with Gasteiger partial charge in [0.2, 0.25) is 13.4 Å². The lowest BCUT2D eigenvalue weighted by Gasteiger charge is -2.43. The summed E-state index contributed by atoms with van der Waals surface area (Å²) in [6.07, 6.45) is 0. The third kappa shape index (κ3) is 10.1. The molecule has 0 unspecified atom stereocenters. The van der Waals surface area contributed by atoms with Crippen LogP contribution in [0.3, 0.4) is 0 Å². The van der Waals surface area contributed by atoms with E-state index in [-0.39, 0.29) is 24.3 Å². The lowest BCUT2D eigenvalue weighted by molar-refractivity contribution is 0.590. The molecule has 0 saturated heterocycles. The Labute approximate surface area is 656 Å². The van der Waals surface area contributed by atoms with Crippen LogP contribution in [0.1, 0.15) is 52.7 Å². The Morgan fingerprint density at radius 3 is 0.804 bits per heavy atom. The Morgan fingerprint density at radius 1 is 0.205 bits per heavy atom. The monoisotopic (exact) mass is 1420 g/mol. The Bertz CT molecular complexity index is 6310. The fourth-order valence-corrected chi connectivity index (χ4v) is 19.8. The number of para-hydroxylation sites is 4. The summed E-state index contributed by atoms with van der Waals surface area (Å²) < 4.78 is 0. The van der Waals surface area contributed by atoms with E-state index in [0.717, 1.165) is 33.6 Å². The maximum absolute atomic E-state index is 2.75. The van der Waals surface area contributed by atoms with Crippen molar-refractivity contribution >= 4 is 113 Å². The van der Waals surface area contributed by atoms with Crippen molar-refractivity contribution in [2.75, 3.05) is 9.80 Å². The zero-order valence-corrected chi connectivity index (χ0v) is 63.7. The highest BCUT2D eigenvalue weighted by atomic mass is 15.2. The number of benzene rings is 18. The number of anilines is 6. The molecule has 0 saturated carbocycles. The maximum atomic E-state index is 2.75. The van der Waals surface area contributed by atoms with Gasteiger partial charge in [0, 0.05) is 34.1 Å². The normalized spacial score (nSPS) is 13.0. The molecule has 0 atom stereocenters. The number of hydrogen-bond donors (Lipinski definition) is 0. The van der Waals surface area contributed by atoms with Crippen LogP contribution in [0.4, 0.5) is 34.1 Å². The van der Waals surface area contributed by atoms with Gasteiger partial charge in [-0.3, -0.25) is 0 Å². The van der Waals surface area contributed by atoms with E-state index in [1.807, 2.05) is 0 Å². The molecular weight excluding hydrogens is 1350 g/mol. The van der Waals surface area contributed by atoms with E-state index < -0.39 is 0 Å². The minimum Gasteiger partial charge on any atom is -0.311 e. The summed E-state index contributed by atoms with van der Waals surface area (Å²) in [4.78, 5) is 5.18. The largest absolute Gasteiger partial charge is 0.311 e. The molecule has 4 heteroatoms. The van der Waals surface area contributed by atoms with Gasteiger partial charge in [-0.15, -0.1) is 0 Å². The predicted molar refractivity (Wildman–Crippen MR) is 481 cm³/mol. The van der Waals surface area contributed by atoms with Crippen molar-refractivity contribution in [3.8, 4) is 111 Å². The van der Waals surface area contributed by atoms with Gasteiger partial charge in [0.1, 0.15) is 0 Å². The minimum absolute atomic E-state index is 0.167. The molecule has 0 aliphatic carbocycles. The van der Waals surface area contributed by atoms with Crippen molar-refractivity contribution in [3.63, 3.8) is 0 Å². The molecule has 4 aliphatic rings. The van der Waals surface area contributed by atoms with Gasteiger partial charge in [0.05, 0.1) is 0 Å². The second kappa shape index (κ2) is 25.1. The number of rotatable bonds is 10. The summed E-state index contributed by atoms with van der Waals surface area (Å²) in [6.45, 7) is 14.1. The molecule has 4 aliphatic heterocycles. The van der Waals surface area contributed by atoms with Crippen LogP contribution in [-0.2, 0) is 10.8 Å². The predicted octanol–water partition coefficient (Wildman–Crippen LogP) is 25.1. The fourth-order valence-electron chi connectivity index (χ4n) is 19.8. The highest BCUT2D eigenvalue weighted by molar-refractivity contribution is 7.02. The summed E-state index contributed by atoms with van der Waals surface area (Å²) in [6, 6.07) is 140. The quantitative estimate of drug-likeness (QED) is 0.0995. The molecule has 112 heavy (non-hydrogen) atoms. The lowest BCUT2D eigenvalue weighted by atomic mass is 9.31. The van der Waals surface area contributed by atoms with Crippen molar-refractivity contribution in [1.82, 2.24) is 0 Å². The van der Waals surface area contributed by atoms with Crippen LogP contribution < -0.4 is 42.6 Å². The molecular formula is C108H78B2N2. The minimum atomic E-state index is -0.231. The highest BCUT2D eigenvalue weighted by Crippen LogP contribution is 2.57.